The van der Waals surface area contributed by atoms with E-state index in [1.165, 1.54) is 31.2 Å². The lowest BCUT2D eigenvalue weighted by Gasteiger charge is -2.21. The van der Waals surface area contributed by atoms with Crippen molar-refractivity contribution < 1.29 is 4.74 Å². The average molecular weight is 231 g/mol. The van der Waals surface area contributed by atoms with Crippen LogP contribution < -0.4 is 10.1 Å². The Morgan fingerprint density at radius 3 is 3.06 bits per heavy atom. The minimum absolute atomic E-state index is 0.616. The van der Waals surface area contributed by atoms with E-state index in [1.54, 1.807) is 0 Å². The van der Waals surface area contributed by atoms with Crippen molar-refractivity contribution in [3.8, 4) is 5.75 Å². The maximum absolute atomic E-state index is 5.77. The van der Waals surface area contributed by atoms with Gasteiger partial charge in [-0.25, -0.2) is 0 Å². The molecule has 2 nitrogen and oxygen atoms in total. The van der Waals surface area contributed by atoms with Crippen molar-refractivity contribution >= 4 is 0 Å². The zero-order valence-corrected chi connectivity index (χ0v) is 10.5. The number of hydrogen-bond acceptors (Lipinski definition) is 2. The van der Waals surface area contributed by atoms with E-state index in [2.05, 4.69) is 36.6 Å². The Morgan fingerprint density at radius 1 is 1.29 bits per heavy atom. The van der Waals surface area contributed by atoms with Crippen molar-refractivity contribution in [2.75, 3.05) is 13.7 Å². The molecule has 3 unspecified atom stereocenters. The van der Waals surface area contributed by atoms with Gasteiger partial charge in [-0.2, -0.15) is 0 Å². The molecule has 1 aliphatic heterocycles. The third-order valence-corrected chi connectivity index (χ3v) is 4.42. The monoisotopic (exact) mass is 231 g/mol. The largest absolute Gasteiger partial charge is 0.493 e. The summed E-state index contributed by atoms with van der Waals surface area (Å²) in [4.78, 5) is 0. The van der Waals surface area contributed by atoms with Crippen LogP contribution in [0.5, 0.6) is 5.75 Å². The number of ether oxygens (including phenoxy) is 1. The molecule has 0 saturated heterocycles. The van der Waals surface area contributed by atoms with E-state index in [-0.39, 0.29) is 0 Å². The van der Waals surface area contributed by atoms with E-state index in [1.807, 2.05) is 0 Å². The molecule has 1 fully saturated rings. The van der Waals surface area contributed by atoms with E-state index in [0.29, 0.717) is 5.92 Å². The second-order valence-electron chi connectivity index (χ2n) is 5.37. The second kappa shape index (κ2) is 4.69. The Labute approximate surface area is 103 Å². The molecule has 1 aromatic carbocycles. The van der Waals surface area contributed by atoms with Gasteiger partial charge in [0.05, 0.1) is 6.61 Å². The van der Waals surface area contributed by atoms with Crippen molar-refractivity contribution in [2.24, 2.45) is 5.92 Å². The van der Waals surface area contributed by atoms with Crippen LogP contribution in [-0.4, -0.2) is 19.7 Å². The average Bonchev–Trinajstić information content (AvgIpc) is 2.97. The molecule has 1 aliphatic carbocycles. The van der Waals surface area contributed by atoms with Crippen molar-refractivity contribution in [1.29, 1.82) is 0 Å². The minimum Gasteiger partial charge on any atom is -0.493 e. The van der Waals surface area contributed by atoms with Crippen LogP contribution in [-0.2, 0) is 0 Å². The van der Waals surface area contributed by atoms with Crippen LogP contribution in [0.25, 0.3) is 0 Å². The molecule has 0 radical (unpaired) electrons. The summed E-state index contributed by atoms with van der Waals surface area (Å²) in [6.07, 6.45) is 5.38. The molecule has 1 saturated carbocycles. The van der Waals surface area contributed by atoms with Gasteiger partial charge in [0.1, 0.15) is 5.75 Å². The van der Waals surface area contributed by atoms with E-state index < -0.39 is 0 Å². The quantitative estimate of drug-likeness (QED) is 0.863. The van der Waals surface area contributed by atoms with Crippen LogP contribution in [0.3, 0.4) is 0 Å². The Bertz CT molecular complexity index is 390. The third kappa shape index (κ3) is 2.06. The first-order valence-corrected chi connectivity index (χ1v) is 6.77. The van der Waals surface area contributed by atoms with Crippen LogP contribution in [0.2, 0.25) is 0 Å². The highest BCUT2D eigenvalue weighted by Gasteiger charge is 2.32. The standard InChI is InChI=1S/C15H21NO/c1-16-14-7-4-5-11(14)9-12-10-17-15-8-3-2-6-13(12)15/h2-3,6,8,11-12,14,16H,4-5,7,9-10H2,1H3. The van der Waals surface area contributed by atoms with Crippen LogP contribution in [0.15, 0.2) is 24.3 Å². The summed E-state index contributed by atoms with van der Waals surface area (Å²) in [7, 11) is 2.10. The van der Waals surface area contributed by atoms with Gasteiger partial charge in [-0.05, 0) is 38.3 Å². The summed E-state index contributed by atoms with van der Waals surface area (Å²) < 4.78 is 5.77. The van der Waals surface area contributed by atoms with Crippen molar-refractivity contribution in [3.63, 3.8) is 0 Å². The second-order valence-corrected chi connectivity index (χ2v) is 5.37. The van der Waals surface area contributed by atoms with E-state index >= 15 is 0 Å². The first-order valence-electron chi connectivity index (χ1n) is 6.77. The number of nitrogens with one attached hydrogen (secondary N) is 1. The normalized spacial score (nSPS) is 31.2. The predicted molar refractivity (Wildman–Crippen MR) is 69.5 cm³/mol. The van der Waals surface area contributed by atoms with Gasteiger partial charge >= 0.3 is 0 Å². The molecule has 0 spiro atoms. The lowest BCUT2D eigenvalue weighted by molar-refractivity contribution is 0.293. The van der Waals surface area contributed by atoms with Crippen LogP contribution in [0, 0.1) is 5.92 Å². The molecule has 1 aromatic rings. The van der Waals surface area contributed by atoms with Gasteiger partial charge in [-0.15, -0.1) is 0 Å². The summed E-state index contributed by atoms with van der Waals surface area (Å²) in [5.41, 5.74) is 1.43. The zero-order chi connectivity index (χ0) is 11.7. The van der Waals surface area contributed by atoms with Crippen LogP contribution in [0.1, 0.15) is 37.2 Å². The first kappa shape index (κ1) is 11.1. The Balaban J connectivity index is 1.71. The highest BCUT2D eigenvalue weighted by atomic mass is 16.5. The van der Waals surface area contributed by atoms with Crippen molar-refractivity contribution in [2.45, 2.75) is 37.6 Å². The van der Waals surface area contributed by atoms with Gasteiger partial charge in [0.25, 0.3) is 0 Å². The molecule has 3 rings (SSSR count). The summed E-state index contributed by atoms with van der Waals surface area (Å²) >= 11 is 0. The van der Waals surface area contributed by atoms with Crippen molar-refractivity contribution in [3.05, 3.63) is 29.8 Å². The van der Waals surface area contributed by atoms with Gasteiger partial charge in [-0.1, -0.05) is 24.6 Å². The Hall–Kier alpha value is -1.02. The number of fused-ring (bicyclic) bond motifs is 1. The number of hydrogen-bond donors (Lipinski definition) is 1. The molecule has 2 aliphatic rings. The van der Waals surface area contributed by atoms with E-state index in [0.717, 1.165) is 24.3 Å². The molecule has 1 N–H and O–H groups in total. The fourth-order valence-electron chi connectivity index (χ4n) is 3.49. The maximum atomic E-state index is 5.77. The maximum Gasteiger partial charge on any atom is 0.122 e. The lowest BCUT2D eigenvalue weighted by Crippen LogP contribution is -2.30. The molecule has 17 heavy (non-hydrogen) atoms. The third-order valence-electron chi connectivity index (χ3n) is 4.42. The topological polar surface area (TPSA) is 21.3 Å². The predicted octanol–water partition coefficient (Wildman–Crippen LogP) is 2.94. The van der Waals surface area contributed by atoms with Crippen molar-refractivity contribution in [1.82, 2.24) is 5.32 Å². The fraction of sp³-hybridized carbons (Fsp3) is 0.600. The highest BCUT2D eigenvalue weighted by molar-refractivity contribution is 5.39. The van der Waals surface area contributed by atoms with E-state index in [4.69, 9.17) is 4.74 Å². The SMILES string of the molecule is CNC1CCCC1CC1COc2ccccc21. The Morgan fingerprint density at radius 2 is 2.18 bits per heavy atom. The molecule has 0 aromatic heterocycles. The molecule has 92 valence electrons. The summed E-state index contributed by atoms with van der Waals surface area (Å²) in [6.45, 7) is 0.881. The summed E-state index contributed by atoms with van der Waals surface area (Å²) in [5.74, 6) is 2.56. The van der Waals surface area contributed by atoms with Gasteiger partial charge in [0, 0.05) is 17.5 Å². The summed E-state index contributed by atoms with van der Waals surface area (Å²) in [5, 5.41) is 3.47. The molecule has 3 atom stereocenters. The molecular weight excluding hydrogens is 210 g/mol. The molecular formula is C15H21NO. The molecule has 2 heteroatoms. The minimum atomic E-state index is 0.616. The van der Waals surface area contributed by atoms with Crippen LogP contribution >= 0.6 is 0 Å². The number of rotatable bonds is 3. The highest BCUT2D eigenvalue weighted by Crippen LogP contribution is 2.40. The molecule has 0 amide bonds. The molecule has 1 heterocycles. The molecule has 0 bridgehead atoms. The fourth-order valence-corrected chi connectivity index (χ4v) is 3.49. The lowest BCUT2D eigenvalue weighted by atomic mass is 9.87. The first-order chi connectivity index (χ1) is 8.38. The summed E-state index contributed by atoms with van der Waals surface area (Å²) in [6, 6.07) is 9.25. The van der Waals surface area contributed by atoms with Gasteiger partial charge < -0.3 is 10.1 Å². The number of para-hydroxylation sites is 1. The van der Waals surface area contributed by atoms with Gasteiger partial charge in [0.15, 0.2) is 0 Å². The Kier molecular flexibility index (Phi) is 3.06. The van der Waals surface area contributed by atoms with Gasteiger partial charge in [-0.3, -0.25) is 0 Å². The van der Waals surface area contributed by atoms with Crippen LogP contribution in [0.4, 0.5) is 0 Å². The number of benzene rings is 1. The van der Waals surface area contributed by atoms with E-state index in [9.17, 15) is 0 Å². The van der Waals surface area contributed by atoms with Gasteiger partial charge in [0.2, 0.25) is 0 Å². The zero-order valence-electron chi connectivity index (χ0n) is 10.5. The smallest absolute Gasteiger partial charge is 0.122 e.